The molecule has 2 atom stereocenters. The van der Waals surface area contributed by atoms with Gasteiger partial charge in [0.15, 0.2) is 0 Å². The number of hydrogen-bond acceptors (Lipinski definition) is 5. The molecule has 9 nitrogen and oxygen atoms in total. The van der Waals surface area contributed by atoms with Crippen LogP contribution in [0, 0.1) is 10.1 Å². The summed E-state index contributed by atoms with van der Waals surface area (Å²) in [5, 5.41) is 18.4. The van der Waals surface area contributed by atoms with Crippen LogP contribution < -0.4 is 5.43 Å². The van der Waals surface area contributed by atoms with Crippen molar-refractivity contribution in [3.8, 4) is 11.3 Å². The van der Waals surface area contributed by atoms with E-state index >= 15 is 0 Å². The minimum Gasteiger partial charge on any atom is -0.272 e. The molecule has 1 fully saturated rings. The molecule has 0 aliphatic carbocycles. The standard InChI is InChI=1S/C19H13Cl2N5O4/c20-12-6-4-10(5-7-12)14-9-15(23-22-14)18(27)24-25-17(16(21)19(25)28)11-2-1-3-13(8-11)26(29)30/h1-9,16-17H,(H,22,23)(H,24,27)/t16-,17-/m1/s1. The fourth-order valence-corrected chi connectivity index (χ4v) is 3.58. The van der Waals surface area contributed by atoms with Crippen molar-refractivity contribution in [2.24, 2.45) is 0 Å². The molecule has 152 valence electrons. The monoisotopic (exact) mass is 445 g/mol. The lowest BCUT2D eigenvalue weighted by Crippen LogP contribution is -2.63. The lowest BCUT2D eigenvalue weighted by molar-refractivity contribution is -0.385. The molecule has 2 N–H and O–H groups in total. The number of carbonyl (C=O) groups is 2. The molecule has 3 aromatic rings. The number of nitrogens with zero attached hydrogens (tertiary/aromatic N) is 3. The average Bonchev–Trinajstić information content (AvgIpc) is 3.24. The number of aromatic amines is 1. The number of nitrogens with one attached hydrogen (secondary N) is 2. The van der Waals surface area contributed by atoms with Crippen molar-refractivity contribution in [2.75, 3.05) is 0 Å². The van der Waals surface area contributed by atoms with Crippen LogP contribution in [0.2, 0.25) is 5.02 Å². The fraction of sp³-hybridized carbons (Fsp3) is 0.105. The van der Waals surface area contributed by atoms with E-state index in [1.165, 1.54) is 24.3 Å². The number of alkyl halides is 1. The van der Waals surface area contributed by atoms with Gasteiger partial charge in [-0.2, -0.15) is 5.10 Å². The third-order valence-corrected chi connectivity index (χ3v) is 5.31. The Balaban J connectivity index is 1.52. The Bertz CT molecular complexity index is 1150. The largest absolute Gasteiger partial charge is 0.287 e. The fourth-order valence-electron chi connectivity index (χ4n) is 3.09. The number of nitro benzene ring substituents is 1. The molecule has 1 aromatic heterocycles. The van der Waals surface area contributed by atoms with Crippen molar-refractivity contribution in [2.45, 2.75) is 11.4 Å². The number of halogens is 2. The number of nitro groups is 1. The van der Waals surface area contributed by atoms with Gasteiger partial charge in [0.05, 0.1) is 10.6 Å². The lowest BCUT2D eigenvalue weighted by Gasteiger charge is -2.43. The number of hydrogen-bond donors (Lipinski definition) is 2. The Hall–Kier alpha value is -3.43. The van der Waals surface area contributed by atoms with Gasteiger partial charge in [-0.3, -0.25) is 30.2 Å². The van der Waals surface area contributed by atoms with E-state index in [9.17, 15) is 19.7 Å². The maximum atomic E-state index is 12.6. The van der Waals surface area contributed by atoms with E-state index in [1.54, 1.807) is 30.3 Å². The highest BCUT2D eigenvalue weighted by Crippen LogP contribution is 2.38. The summed E-state index contributed by atoms with van der Waals surface area (Å²) < 4.78 is 0. The van der Waals surface area contributed by atoms with E-state index in [0.717, 1.165) is 10.6 Å². The van der Waals surface area contributed by atoms with Gasteiger partial charge in [-0.1, -0.05) is 35.9 Å². The van der Waals surface area contributed by atoms with Crippen LogP contribution in [0.1, 0.15) is 22.1 Å². The molecule has 2 aromatic carbocycles. The molecule has 30 heavy (non-hydrogen) atoms. The predicted molar refractivity (Wildman–Crippen MR) is 109 cm³/mol. The highest BCUT2D eigenvalue weighted by molar-refractivity contribution is 6.33. The summed E-state index contributed by atoms with van der Waals surface area (Å²) in [7, 11) is 0. The summed E-state index contributed by atoms with van der Waals surface area (Å²) in [5.74, 6) is -1.12. The number of amides is 2. The lowest BCUT2D eigenvalue weighted by atomic mass is 9.95. The van der Waals surface area contributed by atoms with Gasteiger partial charge in [0.25, 0.3) is 17.5 Å². The quantitative estimate of drug-likeness (QED) is 0.269. The van der Waals surface area contributed by atoms with Crippen LogP contribution in [0.4, 0.5) is 5.69 Å². The van der Waals surface area contributed by atoms with E-state index in [4.69, 9.17) is 23.2 Å². The van der Waals surface area contributed by atoms with Crippen LogP contribution in [-0.2, 0) is 4.79 Å². The van der Waals surface area contributed by atoms with Gasteiger partial charge >= 0.3 is 0 Å². The van der Waals surface area contributed by atoms with E-state index in [-0.39, 0.29) is 11.4 Å². The Morgan fingerprint density at radius 3 is 2.63 bits per heavy atom. The highest BCUT2D eigenvalue weighted by atomic mass is 35.5. The predicted octanol–water partition coefficient (Wildman–Crippen LogP) is 3.47. The van der Waals surface area contributed by atoms with Crippen LogP contribution in [0.5, 0.6) is 0 Å². The second-order valence-electron chi connectivity index (χ2n) is 6.52. The molecule has 4 rings (SSSR count). The zero-order valence-electron chi connectivity index (χ0n) is 15.1. The average molecular weight is 446 g/mol. The van der Waals surface area contributed by atoms with Crippen molar-refractivity contribution in [3.05, 3.63) is 81.0 Å². The SMILES string of the molecule is O=C(NN1C(=O)[C@H](Cl)[C@H]1c1cccc([N+](=O)[O-])c1)c1cc(-c2ccc(Cl)cc2)n[nH]1. The maximum absolute atomic E-state index is 12.6. The summed E-state index contributed by atoms with van der Waals surface area (Å²) in [5.41, 5.74) is 4.19. The number of hydrazine groups is 1. The van der Waals surface area contributed by atoms with E-state index < -0.39 is 28.2 Å². The zero-order chi connectivity index (χ0) is 21.4. The Morgan fingerprint density at radius 1 is 1.20 bits per heavy atom. The molecule has 1 aliphatic rings. The zero-order valence-corrected chi connectivity index (χ0v) is 16.6. The summed E-state index contributed by atoms with van der Waals surface area (Å²) in [6, 6.07) is 13.5. The number of β-lactam (4-membered cyclic amide) rings is 1. The number of benzene rings is 2. The molecule has 0 unspecified atom stereocenters. The second kappa shape index (κ2) is 7.77. The first-order valence-electron chi connectivity index (χ1n) is 8.69. The number of non-ortho nitro benzene ring substituents is 1. The van der Waals surface area contributed by atoms with E-state index in [0.29, 0.717) is 16.3 Å². The van der Waals surface area contributed by atoms with Crippen molar-refractivity contribution in [3.63, 3.8) is 0 Å². The van der Waals surface area contributed by atoms with Gasteiger partial charge in [-0.05, 0) is 23.8 Å². The minimum absolute atomic E-state index is 0.128. The first-order valence-corrected chi connectivity index (χ1v) is 9.50. The Labute approximate surface area is 179 Å². The van der Waals surface area contributed by atoms with Crippen LogP contribution in [-0.4, -0.2) is 37.3 Å². The van der Waals surface area contributed by atoms with Gasteiger partial charge in [0.1, 0.15) is 17.1 Å². The summed E-state index contributed by atoms with van der Waals surface area (Å²) in [6.07, 6.45) is 0. The van der Waals surface area contributed by atoms with Gasteiger partial charge in [0.2, 0.25) is 0 Å². The molecule has 0 saturated carbocycles. The van der Waals surface area contributed by atoms with Gasteiger partial charge in [0, 0.05) is 22.7 Å². The van der Waals surface area contributed by atoms with E-state index in [2.05, 4.69) is 15.6 Å². The topological polar surface area (TPSA) is 121 Å². The Morgan fingerprint density at radius 2 is 1.93 bits per heavy atom. The Kier molecular flexibility index (Phi) is 5.15. The van der Waals surface area contributed by atoms with Gasteiger partial charge < -0.3 is 0 Å². The molecular weight excluding hydrogens is 433 g/mol. The number of rotatable bonds is 5. The number of H-pyrrole nitrogens is 1. The summed E-state index contributed by atoms with van der Waals surface area (Å²) >= 11 is 12.0. The molecule has 0 bridgehead atoms. The highest BCUT2D eigenvalue weighted by Gasteiger charge is 2.48. The van der Waals surface area contributed by atoms with Crippen molar-refractivity contribution in [1.29, 1.82) is 0 Å². The minimum atomic E-state index is -0.946. The molecule has 1 aliphatic heterocycles. The molecule has 2 heterocycles. The van der Waals surface area contributed by atoms with Crippen molar-refractivity contribution in [1.82, 2.24) is 20.6 Å². The van der Waals surface area contributed by atoms with Crippen molar-refractivity contribution < 1.29 is 14.5 Å². The number of carbonyl (C=O) groups excluding carboxylic acids is 2. The molecule has 11 heteroatoms. The van der Waals surface area contributed by atoms with E-state index in [1.807, 2.05) is 0 Å². The third-order valence-electron chi connectivity index (χ3n) is 4.64. The molecule has 0 radical (unpaired) electrons. The van der Waals surface area contributed by atoms with Crippen LogP contribution in [0.3, 0.4) is 0 Å². The van der Waals surface area contributed by atoms with Crippen molar-refractivity contribution >= 4 is 40.7 Å². The van der Waals surface area contributed by atoms with Gasteiger partial charge in [-0.15, -0.1) is 11.6 Å². The third kappa shape index (κ3) is 3.60. The second-order valence-corrected chi connectivity index (χ2v) is 7.43. The first-order chi connectivity index (χ1) is 14.3. The van der Waals surface area contributed by atoms with Crippen LogP contribution in [0.25, 0.3) is 11.3 Å². The first kappa shape index (κ1) is 19.9. The number of aromatic nitrogens is 2. The molecule has 2 amide bonds. The molecule has 0 spiro atoms. The smallest absolute Gasteiger partial charge is 0.272 e. The maximum Gasteiger partial charge on any atom is 0.287 e. The van der Waals surface area contributed by atoms with Crippen LogP contribution >= 0.6 is 23.2 Å². The summed E-state index contributed by atoms with van der Waals surface area (Å²) in [6.45, 7) is 0. The van der Waals surface area contributed by atoms with Gasteiger partial charge in [-0.25, -0.2) is 5.01 Å². The van der Waals surface area contributed by atoms with Crippen LogP contribution in [0.15, 0.2) is 54.6 Å². The summed E-state index contributed by atoms with van der Waals surface area (Å²) in [4.78, 5) is 35.3. The molecular formula is C19H13Cl2N5O4. The molecule has 1 saturated heterocycles. The normalized spacial score (nSPS) is 18.1.